The third-order valence-electron chi connectivity index (χ3n) is 2.99. The summed E-state index contributed by atoms with van der Waals surface area (Å²) in [4.78, 5) is 10.5. The number of carboxylic acids is 1. The summed E-state index contributed by atoms with van der Waals surface area (Å²) in [5, 5.41) is 12.0. The minimum atomic E-state index is -0.733. The first-order valence-corrected chi connectivity index (χ1v) is 5.83. The second-order valence-electron chi connectivity index (χ2n) is 4.27. The first kappa shape index (κ1) is 11.0. The molecule has 0 atom stereocenters. The molecule has 0 saturated heterocycles. The molecule has 2 rings (SSSR count). The summed E-state index contributed by atoms with van der Waals surface area (Å²) in [5.41, 5.74) is 3.66. The van der Waals surface area contributed by atoms with Crippen molar-refractivity contribution in [1.29, 1.82) is 0 Å². The van der Waals surface area contributed by atoms with E-state index in [1.807, 2.05) is 0 Å². The highest BCUT2D eigenvalue weighted by Crippen LogP contribution is 2.23. The van der Waals surface area contributed by atoms with Gasteiger partial charge in [0.2, 0.25) is 0 Å². The summed E-state index contributed by atoms with van der Waals surface area (Å²) < 4.78 is 0. The quantitative estimate of drug-likeness (QED) is 0.821. The molecular formula is C13H17NO2. The molecule has 86 valence electrons. The van der Waals surface area contributed by atoms with Crippen LogP contribution in [0.1, 0.15) is 30.4 Å². The lowest BCUT2D eigenvalue weighted by Gasteiger charge is -2.09. The van der Waals surface area contributed by atoms with Crippen LogP contribution in [0.3, 0.4) is 0 Å². The van der Waals surface area contributed by atoms with Crippen molar-refractivity contribution >= 4 is 11.7 Å². The molecule has 0 amide bonds. The third kappa shape index (κ3) is 2.75. The molecule has 0 unspecified atom stereocenters. The molecule has 3 heteroatoms. The summed E-state index contributed by atoms with van der Waals surface area (Å²) in [6, 6.07) is 6.28. The summed E-state index contributed by atoms with van der Waals surface area (Å²) in [5.74, 6) is -0.733. The van der Waals surface area contributed by atoms with Crippen LogP contribution < -0.4 is 5.32 Å². The Hall–Kier alpha value is -1.51. The molecule has 1 heterocycles. The van der Waals surface area contributed by atoms with E-state index in [1.165, 1.54) is 24.1 Å². The van der Waals surface area contributed by atoms with Crippen molar-refractivity contribution in [3.63, 3.8) is 0 Å². The maximum Gasteiger partial charge on any atom is 0.303 e. The van der Waals surface area contributed by atoms with Gasteiger partial charge >= 0.3 is 5.97 Å². The molecule has 0 bridgehead atoms. The van der Waals surface area contributed by atoms with Gasteiger partial charge in [-0.05, 0) is 42.9 Å². The van der Waals surface area contributed by atoms with Crippen LogP contribution in [0.25, 0.3) is 0 Å². The first-order valence-electron chi connectivity index (χ1n) is 5.83. The number of benzene rings is 1. The van der Waals surface area contributed by atoms with Crippen molar-refractivity contribution in [2.75, 3.05) is 11.9 Å². The van der Waals surface area contributed by atoms with E-state index >= 15 is 0 Å². The highest BCUT2D eigenvalue weighted by molar-refractivity contribution is 5.67. The van der Waals surface area contributed by atoms with Crippen LogP contribution in [0.15, 0.2) is 18.2 Å². The maximum absolute atomic E-state index is 10.5. The molecule has 1 aromatic rings. The van der Waals surface area contributed by atoms with Crippen molar-refractivity contribution < 1.29 is 9.90 Å². The lowest BCUT2D eigenvalue weighted by atomic mass is 10.0. The zero-order chi connectivity index (χ0) is 11.4. The monoisotopic (exact) mass is 219 g/mol. The van der Waals surface area contributed by atoms with Crippen LogP contribution in [0, 0.1) is 0 Å². The number of fused-ring (bicyclic) bond motifs is 1. The molecule has 0 fully saturated rings. The van der Waals surface area contributed by atoms with Crippen molar-refractivity contribution in [3.8, 4) is 0 Å². The Kier molecular flexibility index (Phi) is 3.44. The van der Waals surface area contributed by atoms with Gasteiger partial charge in [-0.25, -0.2) is 0 Å². The second kappa shape index (κ2) is 5.01. The lowest BCUT2D eigenvalue weighted by molar-refractivity contribution is -0.136. The number of nitrogens with one attached hydrogen (secondary N) is 1. The Morgan fingerprint density at radius 3 is 3.06 bits per heavy atom. The van der Waals surface area contributed by atoms with Gasteiger partial charge in [-0.2, -0.15) is 0 Å². The largest absolute Gasteiger partial charge is 0.481 e. The fourth-order valence-electron chi connectivity index (χ4n) is 2.08. The second-order valence-corrected chi connectivity index (χ2v) is 4.27. The molecule has 0 radical (unpaired) electrons. The van der Waals surface area contributed by atoms with E-state index in [0.717, 1.165) is 18.5 Å². The van der Waals surface area contributed by atoms with Gasteiger partial charge in [0.05, 0.1) is 0 Å². The fourth-order valence-corrected chi connectivity index (χ4v) is 2.08. The van der Waals surface area contributed by atoms with E-state index in [2.05, 4.69) is 23.5 Å². The van der Waals surface area contributed by atoms with Crippen molar-refractivity contribution in [2.45, 2.75) is 32.1 Å². The van der Waals surface area contributed by atoms with Crippen molar-refractivity contribution in [2.24, 2.45) is 0 Å². The van der Waals surface area contributed by atoms with Gasteiger partial charge in [0.1, 0.15) is 0 Å². The lowest BCUT2D eigenvalue weighted by Crippen LogP contribution is -2.02. The van der Waals surface area contributed by atoms with E-state index < -0.39 is 5.97 Å². The average Bonchev–Trinajstić information content (AvgIpc) is 2.50. The third-order valence-corrected chi connectivity index (χ3v) is 2.99. The highest BCUT2D eigenvalue weighted by atomic mass is 16.4. The molecule has 16 heavy (non-hydrogen) atoms. The number of anilines is 1. The van der Waals surface area contributed by atoms with Gasteiger partial charge in [-0.15, -0.1) is 0 Å². The molecule has 0 aliphatic carbocycles. The van der Waals surface area contributed by atoms with Gasteiger partial charge in [0.25, 0.3) is 0 Å². The zero-order valence-corrected chi connectivity index (χ0v) is 9.33. The fraction of sp³-hybridized carbons (Fsp3) is 0.462. The van der Waals surface area contributed by atoms with Gasteiger partial charge in [-0.3, -0.25) is 4.79 Å². The van der Waals surface area contributed by atoms with E-state index in [9.17, 15) is 4.79 Å². The molecule has 1 aliphatic rings. The van der Waals surface area contributed by atoms with Crippen molar-refractivity contribution in [1.82, 2.24) is 0 Å². The minimum Gasteiger partial charge on any atom is -0.481 e. The number of rotatable bonds is 3. The first-order chi connectivity index (χ1) is 7.75. The van der Waals surface area contributed by atoms with Crippen LogP contribution in [0.5, 0.6) is 0 Å². The molecular weight excluding hydrogens is 202 g/mol. The van der Waals surface area contributed by atoms with Gasteiger partial charge in [0, 0.05) is 18.7 Å². The van der Waals surface area contributed by atoms with E-state index in [-0.39, 0.29) is 6.42 Å². The SMILES string of the molecule is O=C(O)CCc1ccc2c(c1)NCCCC2. The Morgan fingerprint density at radius 1 is 1.38 bits per heavy atom. The number of aliphatic carboxylic acids is 1. The summed E-state index contributed by atoms with van der Waals surface area (Å²) >= 11 is 0. The molecule has 3 nitrogen and oxygen atoms in total. The Bertz CT molecular complexity index is 388. The summed E-state index contributed by atoms with van der Waals surface area (Å²) in [6.07, 6.45) is 4.39. The summed E-state index contributed by atoms with van der Waals surface area (Å²) in [6.45, 7) is 1.02. The van der Waals surface area contributed by atoms with E-state index in [1.54, 1.807) is 0 Å². The van der Waals surface area contributed by atoms with Gasteiger partial charge < -0.3 is 10.4 Å². The summed E-state index contributed by atoms with van der Waals surface area (Å²) in [7, 11) is 0. The standard InChI is InChI=1S/C13H17NO2/c15-13(16)7-5-10-4-6-11-3-1-2-8-14-12(11)9-10/h4,6,9,14H,1-3,5,7-8H2,(H,15,16). The maximum atomic E-state index is 10.5. The van der Waals surface area contributed by atoms with Crippen LogP contribution in [-0.4, -0.2) is 17.6 Å². The van der Waals surface area contributed by atoms with E-state index in [4.69, 9.17) is 5.11 Å². The van der Waals surface area contributed by atoms with Crippen LogP contribution in [0.4, 0.5) is 5.69 Å². The number of aryl methyl sites for hydroxylation is 2. The molecule has 0 saturated carbocycles. The minimum absolute atomic E-state index is 0.207. The Labute approximate surface area is 95.5 Å². The molecule has 1 aliphatic heterocycles. The number of carbonyl (C=O) groups is 1. The van der Waals surface area contributed by atoms with Crippen molar-refractivity contribution in [3.05, 3.63) is 29.3 Å². The number of carboxylic acid groups (broad SMARTS) is 1. The predicted molar refractivity (Wildman–Crippen MR) is 63.8 cm³/mol. The van der Waals surface area contributed by atoms with Crippen LogP contribution in [-0.2, 0) is 17.6 Å². The Morgan fingerprint density at radius 2 is 2.25 bits per heavy atom. The van der Waals surface area contributed by atoms with E-state index in [0.29, 0.717) is 6.42 Å². The highest BCUT2D eigenvalue weighted by Gasteiger charge is 2.08. The number of hydrogen-bond donors (Lipinski definition) is 2. The average molecular weight is 219 g/mol. The topological polar surface area (TPSA) is 49.3 Å². The molecule has 1 aromatic carbocycles. The normalized spacial score (nSPS) is 14.8. The van der Waals surface area contributed by atoms with Crippen LogP contribution >= 0.6 is 0 Å². The molecule has 0 spiro atoms. The van der Waals surface area contributed by atoms with Gasteiger partial charge in [-0.1, -0.05) is 12.1 Å². The smallest absolute Gasteiger partial charge is 0.303 e. The van der Waals surface area contributed by atoms with Crippen LogP contribution in [0.2, 0.25) is 0 Å². The molecule has 0 aromatic heterocycles. The van der Waals surface area contributed by atoms with Gasteiger partial charge in [0.15, 0.2) is 0 Å². The molecule has 2 N–H and O–H groups in total. The number of hydrogen-bond acceptors (Lipinski definition) is 2. The predicted octanol–water partition coefficient (Wildman–Crippen LogP) is 2.45. The Balaban J connectivity index is 2.11. The zero-order valence-electron chi connectivity index (χ0n) is 9.33.